The number of rotatable bonds is 0. The van der Waals surface area contributed by atoms with E-state index in [1.54, 1.807) is 24.4 Å². The van der Waals surface area contributed by atoms with E-state index < -0.39 is 0 Å². The van der Waals surface area contributed by atoms with E-state index in [2.05, 4.69) is 9.97 Å². The topological polar surface area (TPSA) is 38.9 Å². The average molecular weight is 239 g/mol. The Balaban J connectivity index is 2.61. The molecule has 74 valence electrons. The zero-order valence-corrected chi connectivity index (χ0v) is 8.88. The van der Waals surface area contributed by atoms with E-state index in [1.165, 1.54) is 0 Å². The van der Waals surface area contributed by atoms with Crippen molar-refractivity contribution < 1.29 is 4.42 Å². The minimum Gasteiger partial charge on any atom is -0.454 e. The Hall–Kier alpha value is -1.32. The van der Waals surface area contributed by atoms with Crippen LogP contribution in [0.25, 0.3) is 22.1 Å². The van der Waals surface area contributed by atoms with Gasteiger partial charge in [-0.25, -0.2) is 9.97 Å². The highest BCUT2D eigenvalue weighted by molar-refractivity contribution is 6.36. The Morgan fingerprint density at radius 1 is 1.07 bits per heavy atom. The Morgan fingerprint density at radius 3 is 2.80 bits per heavy atom. The number of aromatic nitrogens is 2. The van der Waals surface area contributed by atoms with Crippen molar-refractivity contribution in [2.75, 3.05) is 0 Å². The summed E-state index contributed by atoms with van der Waals surface area (Å²) >= 11 is 11.8. The maximum atomic E-state index is 5.98. The van der Waals surface area contributed by atoms with Crippen LogP contribution in [-0.2, 0) is 0 Å². The molecule has 0 saturated carbocycles. The highest BCUT2D eigenvalue weighted by atomic mass is 35.5. The second-order valence-electron chi connectivity index (χ2n) is 3.06. The van der Waals surface area contributed by atoms with Gasteiger partial charge in [0.05, 0.1) is 5.39 Å². The van der Waals surface area contributed by atoms with Gasteiger partial charge in [0.2, 0.25) is 0 Å². The number of hydrogen-bond donors (Lipinski definition) is 0. The number of pyridine rings is 2. The Labute approximate surface area is 94.6 Å². The van der Waals surface area contributed by atoms with Crippen molar-refractivity contribution in [2.45, 2.75) is 0 Å². The summed E-state index contributed by atoms with van der Waals surface area (Å²) in [5, 5.41) is 1.49. The van der Waals surface area contributed by atoms with Gasteiger partial charge in [0.25, 0.3) is 0 Å². The SMILES string of the molecule is Clc1ccc2oc3ccnc(Cl)c3c2n1. The normalized spacial score (nSPS) is 11.3. The molecule has 0 N–H and O–H groups in total. The molecule has 0 fully saturated rings. The van der Waals surface area contributed by atoms with Crippen LogP contribution < -0.4 is 0 Å². The van der Waals surface area contributed by atoms with Gasteiger partial charge in [-0.2, -0.15) is 0 Å². The summed E-state index contributed by atoms with van der Waals surface area (Å²) in [6.45, 7) is 0. The van der Waals surface area contributed by atoms with Gasteiger partial charge in [0.1, 0.15) is 21.4 Å². The van der Waals surface area contributed by atoms with Gasteiger partial charge in [0, 0.05) is 6.20 Å². The first-order chi connectivity index (χ1) is 7.25. The number of hydrogen-bond acceptors (Lipinski definition) is 3. The summed E-state index contributed by atoms with van der Waals surface area (Å²) in [5.41, 5.74) is 1.97. The molecule has 3 nitrogen and oxygen atoms in total. The van der Waals surface area contributed by atoms with Crippen LogP contribution in [-0.4, -0.2) is 9.97 Å². The van der Waals surface area contributed by atoms with Crippen LogP contribution in [0.2, 0.25) is 10.3 Å². The average Bonchev–Trinajstić information content (AvgIpc) is 2.57. The number of nitrogens with zero attached hydrogens (tertiary/aromatic N) is 2. The molecule has 0 aromatic carbocycles. The predicted molar refractivity (Wildman–Crippen MR) is 59.3 cm³/mol. The van der Waals surface area contributed by atoms with Gasteiger partial charge < -0.3 is 4.42 Å². The first-order valence-electron chi connectivity index (χ1n) is 4.25. The smallest absolute Gasteiger partial charge is 0.154 e. The molecule has 0 radical (unpaired) electrons. The molecule has 0 aliphatic carbocycles. The molecule has 3 rings (SSSR count). The van der Waals surface area contributed by atoms with Crippen molar-refractivity contribution in [3.8, 4) is 0 Å². The van der Waals surface area contributed by atoms with E-state index in [4.69, 9.17) is 27.6 Å². The Bertz CT molecular complexity index is 663. The van der Waals surface area contributed by atoms with E-state index >= 15 is 0 Å². The second kappa shape index (κ2) is 3.08. The van der Waals surface area contributed by atoms with Crippen LogP contribution in [0.4, 0.5) is 0 Å². The summed E-state index contributed by atoms with van der Waals surface area (Å²) in [4.78, 5) is 8.15. The number of furan rings is 1. The molecule has 0 aliphatic heterocycles. The molecule has 3 heterocycles. The van der Waals surface area contributed by atoms with E-state index in [0.717, 1.165) is 0 Å². The summed E-state index contributed by atoms with van der Waals surface area (Å²) in [7, 11) is 0. The lowest BCUT2D eigenvalue weighted by Gasteiger charge is -1.91. The van der Waals surface area contributed by atoms with E-state index in [1.807, 2.05) is 0 Å². The summed E-state index contributed by atoms with van der Waals surface area (Å²) < 4.78 is 5.54. The van der Waals surface area contributed by atoms with E-state index in [9.17, 15) is 0 Å². The van der Waals surface area contributed by atoms with Gasteiger partial charge in [-0.05, 0) is 18.2 Å². The zero-order valence-electron chi connectivity index (χ0n) is 7.37. The number of halogens is 2. The maximum Gasteiger partial charge on any atom is 0.154 e. The van der Waals surface area contributed by atoms with Gasteiger partial charge >= 0.3 is 0 Å². The van der Waals surface area contributed by atoms with Crippen molar-refractivity contribution in [2.24, 2.45) is 0 Å². The molecule has 0 bridgehead atoms. The lowest BCUT2D eigenvalue weighted by Crippen LogP contribution is -1.77. The molecule has 0 saturated heterocycles. The van der Waals surface area contributed by atoms with Crippen LogP contribution in [0.3, 0.4) is 0 Å². The van der Waals surface area contributed by atoms with Crippen molar-refractivity contribution in [3.05, 3.63) is 34.7 Å². The van der Waals surface area contributed by atoms with Crippen LogP contribution in [0.15, 0.2) is 28.8 Å². The molecule has 0 spiro atoms. The summed E-state index contributed by atoms with van der Waals surface area (Å²) in [6, 6.07) is 5.19. The van der Waals surface area contributed by atoms with Crippen molar-refractivity contribution in [1.82, 2.24) is 9.97 Å². The highest BCUT2D eigenvalue weighted by Crippen LogP contribution is 2.31. The third-order valence-corrected chi connectivity index (χ3v) is 2.64. The molecule has 0 atom stereocenters. The van der Waals surface area contributed by atoms with Gasteiger partial charge in [0.15, 0.2) is 5.58 Å². The number of fused-ring (bicyclic) bond motifs is 3. The molecule has 0 unspecified atom stereocenters. The second-order valence-corrected chi connectivity index (χ2v) is 3.80. The Kier molecular flexibility index (Phi) is 1.84. The summed E-state index contributed by atoms with van der Waals surface area (Å²) in [6.07, 6.45) is 1.59. The molecular weight excluding hydrogens is 235 g/mol. The van der Waals surface area contributed by atoms with Crippen LogP contribution in [0.1, 0.15) is 0 Å². The molecule has 3 aromatic rings. The maximum absolute atomic E-state index is 5.98. The predicted octanol–water partition coefficient (Wildman–Crippen LogP) is 3.68. The van der Waals surface area contributed by atoms with E-state index in [0.29, 0.717) is 32.4 Å². The van der Waals surface area contributed by atoms with Crippen LogP contribution in [0, 0.1) is 0 Å². The quantitative estimate of drug-likeness (QED) is 0.561. The fraction of sp³-hybridized carbons (Fsp3) is 0. The van der Waals surface area contributed by atoms with Crippen LogP contribution in [0.5, 0.6) is 0 Å². The Morgan fingerprint density at radius 2 is 1.93 bits per heavy atom. The zero-order chi connectivity index (χ0) is 10.4. The summed E-state index contributed by atoms with van der Waals surface area (Å²) in [5.74, 6) is 0. The molecule has 0 amide bonds. The third kappa shape index (κ3) is 1.28. The van der Waals surface area contributed by atoms with Gasteiger partial charge in [-0.15, -0.1) is 0 Å². The monoisotopic (exact) mass is 238 g/mol. The first kappa shape index (κ1) is 8.95. The van der Waals surface area contributed by atoms with Crippen molar-refractivity contribution in [3.63, 3.8) is 0 Å². The van der Waals surface area contributed by atoms with Gasteiger partial charge in [-0.1, -0.05) is 23.2 Å². The fourth-order valence-electron chi connectivity index (χ4n) is 1.52. The minimum atomic E-state index is 0.376. The molecule has 0 aliphatic rings. The lowest BCUT2D eigenvalue weighted by molar-refractivity contribution is 0.667. The largest absolute Gasteiger partial charge is 0.454 e. The minimum absolute atomic E-state index is 0.376. The van der Waals surface area contributed by atoms with Crippen LogP contribution >= 0.6 is 23.2 Å². The standard InChI is InChI=1S/C10H4Cl2N2O/c11-7-2-1-6-9(14-7)8-5(15-6)3-4-13-10(8)12/h1-4H. The van der Waals surface area contributed by atoms with Crippen molar-refractivity contribution in [1.29, 1.82) is 0 Å². The van der Waals surface area contributed by atoms with Crippen molar-refractivity contribution >= 4 is 45.3 Å². The first-order valence-corrected chi connectivity index (χ1v) is 5.00. The molecule has 15 heavy (non-hydrogen) atoms. The third-order valence-electron chi connectivity index (χ3n) is 2.15. The highest BCUT2D eigenvalue weighted by Gasteiger charge is 2.12. The molecular formula is C10H4Cl2N2O. The fourth-order valence-corrected chi connectivity index (χ4v) is 1.91. The van der Waals surface area contributed by atoms with Gasteiger partial charge in [-0.3, -0.25) is 0 Å². The van der Waals surface area contributed by atoms with E-state index in [-0.39, 0.29) is 0 Å². The molecule has 5 heteroatoms. The lowest BCUT2D eigenvalue weighted by atomic mass is 10.3. The molecule has 3 aromatic heterocycles.